The molecule has 2 aliphatic rings. The molecule has 1 aromatic heterocycles. The molecule has 2 fully saturated rings. The predicted octanol–water partition coefficient (Wildman–Crippen LogP) is 1.43. The summed E-state index contributed by atoms with van der Waals surface area (Å²) in [7, 11) is 0. The minimum Gasteiger partial charge on any atom is -0.381 e. The molecule has 0 radical (unpaired) electrons. The van der Waals surface area contributed by atoms with Crippen LogP contribution in [0.5, 0.6) is 0 Å². The molecule has 3 rings (SSSR count). The van der Waals surface area contributed by atoms with E-state index in [9.17, 15) is 0 Å². The summed E-state index contributed by atoms with van der Waals surface area (Å²) >= 11 is 0. The first-order valence-corrected chi connectivity index (χ1v) is 6.55. The molecule has 5 heteroatoms. The minimum atomic E-state index is 0.407. The molecule has 17 heavy (non-hydrogen) atoms. The Bertz CT molecular complexity index is 322. The fourth-order valence-electron chi connectivity index (χ4n) is 2.60. The van der Waals surface area contributed by atoms with Crippen molar-refractivity contribution in [3.63, 3.8) is 0 Å². The first-order chi connectivity index (χ1) is 8.43. The zero-order valence-corrected chi connectivity index (χ0v) is 10.0. The Balaban J connectivity index is 1.68. The molecule has 0 saturated carbocycles. The number of hydrogen-bond acceptors (Lipinski definition) is 5. The highest BCUT2D eigenvalue weighted by Gasteiger charge is 2.25. The SMILES string of the molecule is C1CNCC(c2nc(C3CCOCC3)no2)C1. The average molecular weight is 237 g/mol. The number of nitrogens with zero attached hydrogens (tertiary/aromatic N) is 2. The Morgan fingerprint density at radius 1 is 1.12 bits per heavy atom. The molecule has 1 aromatic rings. The molecular formula is C12H19N3O2. The van der Waals surface area contributed by atoms with Crippen molar-refractivity contribution in [1.29, 1.82) is 0 Å². The lowest BCUT2D eigenvalue weighted by Gasteiger charge is -2.19. The van der Waals surface area contributed by atoms with Gasteiger partial charge in [-0.15, -0.1) is 0 Å². The van der Waals surface area contributed by atoms with Crippen LogP contribution in [-0.2, 0) is 4.74 Å². The van der Waals surface area contributed by atoms with Crippen molar-refractivity contribution in [2.45, 2.75) is 37.5 Å². The number of aromatic nitrogens is 2. The van der Waals surface area contributed by atoms with Gasteiger partial charge in [0, 0.05) is 25.7 Å². The van der Waals surface area contributed by atoms with Gasteiger partial charge in [0.05, 0.1) is 5.92 Å². The van der Waals surface area contributed by atoms with Crippen LogP contribution in [0.15, 0.2) is 4.52 Å². The lowest BCUT2D eigenvalue weighted by molar-refractivity contribution is 0.0830. The number of nitrogens with one attached hydrogen (secondary N) is 1. The van der Waals surface area contributed by atoms with Gasteiger partial charge >= 0.3 is 0 Å². The van der Waals surface area contributed by atoms with Crippen molar-refractivity contribution in [3.05, 3.63) is 11.7 Å². The van der Waals surface area contributed by atoms with E-state index in [0.717, 1.165) is 57.3 Å². The summed E-state index contributed by atoms with van der Waals surface area (Å²) in [6, 6.07) is 0. The van der Waals surface area contributed by atoms with Gasteiger partial charge in [-0.3, -0.25) is 0 Å². The summed E-state index contributed by atoms with van der Waals surface area (Å²) in [5.74, 6) is 2.54. The zero-order valence-electron chi connectivity index (χ0n) is 10.0. The highest BCUT2D eigenvalue weighted by molar-refractivity contribution is 5.01. The van der Waals surface area contributed by atoms with Crippen LogP contribution in [0.3, 0.4) is 0 Å². The topological polar surface area (TPSA) is 60.2 Å². The Hall–Kier alpha value is -0.940. The maximum Gasteiger partial charge on any atom is 0.231 e. The van der Waals surface area contributed by atoms with E-state index >= 15 is 0 Å². The van der Waals surface area contributed by atoms with Gasteiger partial charge in [0.25, 0.3) is 0 Å². The van der Waals surface area contributed by atoms with E-state index in [2.05, 4.69) is 15.5 Å². The Morgan fingerprint density at radius 2 is 2.00 bits per heavy atom. The zero-order chi connectivity index (χ0) is 11.5. The van der Waals surface area contributed by atoms with Gasteiger partial charge in [0.15, 0.2) is 5.82 Å². The lowest BCUT2D eigenvalue weighted by Crippen LogP contribution is -2.28. The van der Waals surface area contributed by atoms with Crippen molar-refractivity contribution >= 4 is 0 Å². The van der Waals surface area contributed by atoms with Crippen molar-refractivity contribution in [2.75, 3.05) is 26.3 Å². The standard InChI is InChI=1S/C12H19N3O2/c1-2-10(8-13-5-1)12-14-11(15-17-12)9-3-6-16-7-4-9/h9-10,13H,1-8H2. The van der Waals surface area contributed by atoms with Gasteiger partial charge in [0.1, 0.15) is 0 Å². The van der Waals surface area contributed by atoms with E-state index in [1.54, 1.807) is 0 Å². The van der Waals surface area contributed by atoms with Crippen LogP contribution >= 0.6 is 0 Å². The van der Waals surface area contributed by atoms with Crippen molar-refractivity contribution in [3.8, 4) is 0 Å². The molecule has 0 aliphatic carbocycles. The van der Waals surface area contributed by atoms with Crippen molar-refractivity contribution in [2.24, 2.45) is 0 Å². The Morgan fingerprint density at radius 3 is 2.76 bits per heavy atom. The van der Waals surface area contributed by atoms with E-state index in [1.807, 2.05) is 0 Å². The summed E-state index contributed by atoms with van der Waals surface area (Å²) < 4.78 is 10.8. The normalized spacial score (nSPS) is 27.2. The maximum atomic E-state index is 5.42. The molecule has 2 saturated heterocycles. The fourth-order valence-corrected chi connectivity index (χ4v) is 2.60. The van der Waals surface area contributed by atoms with Gasteiger partial charge in [-0.25, -0.2) is 0 Å². The summed E-state index contributed by atoms with van der Waals surface area (Å²) in [5.41, 5.74) is 0. The monoisotopic (exact) mass is 237 g/mol. The van der Waals surface area contributed by atoms with Crippen LogP contribution in [-0.4, -0.2) is 36.4 Å². The van der Waals surface area contributed by atoms with E-state index in [4.69, 9.17) is 9.26 Å². The summed E-state index contributed by atoms with van der Waals surface area (Å²) in [6.07, 6.45) is 4.38. The Labute approximate surface area is 101 Å². The summed E-state index contributed by atoms with van der Waals surface area (Å²) in [5, 5.41) is 7.52. The molecule has 2 aliphatic heterocycles. The van der Waals surface area contributed by atoms with Crippen LogP contribution in [0.4, 0.5) is 0 Å². The lowest BCUT2D eigenvalue weighted by atomic mass is 9.98. The molecule has 0 bridgehead atoms. The molecular weight excluding hydrogens is 218 g/mol. The third-order valence-electron chi connectivity index (χ3n) is 3.69. The molecule has 0 spiro atoms. The number of ether oxygens (including phenoxy) is 1. The van der Waals surface area contributed by atoms with Gasteiger partial charge in [-0.05, 0) is 32.2 Å². The first-order valence-electron chi connectivity index (χ1n) is 6.55. The highest BCUT2D eigenvalue weighted by atomic mass is 16.5. The average Bonchev–Trinajstić information content (AvgIpc) is 2.90. The quantitative estimate of drug-likeness (QED) is 0.843. The van der Waals surface area contributed by atoms with Crippen LogP contribution in [0.1, 0.15) is 49.2 Å². The second-order valence-corrected chi connectivity index (χ2v) is 4.92. The van der Waals surface area contributed by atoms with Gasteiger partial charge < -0.3 is 14.6 Å². The van der Waals surface area contributed by atoms with Crippen molar-refractivity contribution in [1.82, 2.24) is 15.5 Å². The molecule has 1 atom stereocenters. The van der Waals surface area contributed by atoms with E-state index in [0.29, 0.717) is 11.8 Å². The third kappa shape index (κ3) is 2.50. The Kier molecular flexibility index (Phi) is 3.38. The number of rotatable bonds is 2. The summed E-state index contributed by atoms with van der Waals surface area (Å²) in [6.45, 7) is 3.71. The first kappa shape index (κ1) is 11.2. The second-order valence-electron chi connectivity index (χ2n) is 4.92. The number of piperidine rings is 1. The van der Waals surface area contributed by atoms with Crippen LogP contribution in [0, 0.1) is 0 Å². The number of hydrogen-bond donors (Lipinski definition) is 1. The van der Waals surface area contributed by atoms with Crippen molar-refractivity contribution < 1.29 is 9.26 Å². The van der Waals surface area contributed by atoms with E-state index < -0.39 is 0 Å². The molecule has 94 valence electrons. The predicted molar refractivity (Wildman–Crippen MR) is 61.9 cm³/mol. The second kappa shape index (κ2) is 5.14. The molecule has 1 unspecified atom stereocenters. The van der Waals surface area contributed by atoms with Gasteiger partial charge in [-0.2, -0.15) is 4.98 Å². The molecule has 0 aromatic carbocycles. The molecule has 0 amide bonds. The van der Waals surface area contributed by atoms with Crippen LogP contribution < -0.4 is 5.32 Å². The highest BCUT2D eigenvalue weighted by Crippen LogP contribution is 2.27. The largest absolute Gasteiger partial charge is 0.381 e. The van der Waals surface area contributed by atoms with E-state index in [1.165, 1.54) is 6.42 Å². The van der Waals surface area contributed by atoms with Gasteiger partial charge in [-0.1, -0.05) is 5.16 Å². The molecule has 5 nitrogen and oxygen atoms in total. The smallest absolute Gasteiger partial charge is 0.231 e. The van der Waals surface area contributed by atoms with Crippen LogP contribution in [0.25, 0.3) is 0 Å². The minimum absolute atomic E-state index is 0.407. The fraction of sp³-hybridized carbons (Fsp3) is 0.833. The summed E-state index contributed by atoms with van der Waals surface area (Å²) in [4.78, 5) is 4.58. The third-order valence-corrected chi connectivity index (χ3v) is 3.69. The van der Waals surface area contributed by atoms with E-state index in [-0.39, 0.29) is 0 Å². The van der Waals surface area contributed by atoms with Crippen LogP contribution in [0.2, 0.25) is 0 Å². The maximum absolute atomic E-state index is 5.42. The van der Waals surface area contributed by atoms with Gasteiger partial charge in [0.2, 0.25) is 5.89 Å². The molecule has 3 heterocycles. The molecule has 1 N–H and O–H groups in total.